The number of amides is 1. The molecule has 0 aliphatic heterocycles. The van der Waals surface area contributed by atoms with Gasteiger partial charge in [0.05, 0.1) is 10.8 Å². The second-order valence-electron chi connectivity index (χ2n) is 4.85. The average Bonchev–Trinajstić information content (AvgIpc) is 2.37. The number of nitrogens with one attached hydrogen (secondary N) is 1. The van der Waals surface area contributed by atoms with E-state index in [1.165, 1.54) is 12.1 Å². The maximum absolute atomic E-state index is 13.6. The molecule has 0 radical (unpaired) electrons. The van der Waals surface area contributed by atoms with Crippen molar-refractivity contribution in [3.8, 4) is 0 Å². The Morgan fingerprint density at radius 1 is 1.35 bits per heavy atom. The first-order chi connectivity index (χ1) is 9.31. The lowest BCUT2D eigenvalue weighted by molar-refractivity contribution is -0.120. The molecule has 1 aromatic rings. The topological polar surface area (TPSA) is 66.4 Å². The molecule has 110 valence electrons. The van der Waals surface area contributed by atoms with Crippen LogP contribution in [0.25, 0.3) is 0 Å². The predicted octanol–water partition coefficient (Wildman–Crippen LogP) is 2.78. The highest BCUT2D eigenvalue weighted by atomic mass is 32.2. The lowest BCUT2D eigenvalue weighted by atomic mass is 10.2. The third-order valence-electron chi connectivity index (χ3n) is 2.54. The van der Waals surface area contributed by atoms with Gasteiger partial charge >= 0.3 is 5.97 Å². The van der Waals surface area contributed by atoms with Crippen LogP contribution in [-0.4, -0.2) is 28.8 Å². The molecule has 1 amide bonds. The van der Waals surface area contributed by atoms with E-state index < -0.39 is 17.0 Å². The second kappa shape index (κ2) is 7.28. The van der Waals surface area contributed by atoms with Crippen LogP contribution >= 0.6 is 11.8 Å². The van der Waals surface area contributed by atoms with Crippen molar-refractivity contribution < 1.29 is 19.1 Å². The Hall–Kier alpha value is -1.56. The number of carboxylic acid groups (broad SMARTS) is 1. The molecule has 0 aliphatic rings. The molecular formula is C14H18FNO3S. The molecule has 1 atom stereocenters. The molecule has 1 unspecified atom stereocenters. The van der Waals surface area contributed by atoms with E-state index in [0.29, 0.717) is 12.5 Å². The van der Waals surface area contributed by atoms with Crippen molar-refractivity contribution in [1.82, 2.24) is 5.32 Å². The normalized spacial score (nSPS) is 12.2. The lowest BCUT2D eigenvalue weighted by Gasteiger charge is -2.14. The van der Waals surface area contributed by atoms with Crippen LogP contribution < -0.4 is 5.32 Å². The lowest BCUT2D eigenvalue weighted by Crippen LogP contribution is -2.33. The highest BCUT2D eigenvalue weighted by Gasteiger charge is 2.17. The standard InChI is InChI=1S/C14H18FNO3S/c1-8(2)7-16-13(17)9(3)20-12-6-10(14(18)19)4-5-11(12)15/h4-6,8-9H,7H2,1-3H3,(H,16,17)(H,18,19). The van der Waals surface area contributed by atoms with Crippen LogP contribution in [0.5, 0.6) is 0 Å². The molecule has 0 aliphatic carbocycles. The van der Waals surface area contributed by atoms with Crippen molar-refractivity contribution in [3.63, 3.8) is 0 Å². The number of halogens is 1. The Kier molecular flexibility index (Phi) is 6.01. The van der Waals surface area contributed by atoms with Gasteiger partial charge in [-0.05, 0) is 31.0 Å². The van der Waals surface area contributed by atoms with Crippen LogP contribution in [0.4, 0.5) is 4.39 Å². The maximum atomic E-state index is 13.6. The Bertz CT molecular complexity index is 505. The van der Waals surface area contributed by atoms with Gasteiger partial charge in [-0.3, -0.25) is 4.79 Å². The summed E-state index contributed by atoms with van der Waals surface area (Å²) < 4.78 is 13.6. The summed E-state index contributed by atoms with van der Waals surface area (Å²) in [4.78, 5) is 22.8. The molecule has 1 aromatic carbocycles. The summed E-state index contributed by atoms with van der Waals surface area (Å²) in [7, 11) is 0. The number of thioether (sulfide) groups is 1. The van der Waals surface area contributed by atoms with Crippen molar-refractivity contribution in [2.24, 2.45) is 5.92 Å². The van der Waals surface area contributed by atoms with Gasteiger partial charge < -0.3 is 10.4 Å². The quantitative estimate of drug-likeness (QED) is 0.793. The van der Waals surface area contributed by atoms with Gasteiger partial charge in [-0.25, -0.2) is 9.18 Å². The summed E-state index contributed by atoms with van der Waals surface area (Å²) in [6.07, 6.45) is 0. The van der Waals surface area contributed by atoms with E-state index in [1.54, 1.807) is 6.92 Å². The molecule has 6 heteroatoms. The van der Waals surface area contributed by atoms with Crippen molar-refractivity contribution >= 4 is 23.6 Å². The van der Waals surface area contributed by atoms with Gasteiger partial charge in [0.1, 0.15) is 5.82 Å². The monoisotopic (exact) mass is 299 g/mol. The minimum absolute atomic E-state index is 0.00342. The third kappa shape index (κ3) is 4.85. The summed E-state index contributed by atoms with van der Waals surface area (Å²) in [5, 5.41) is 11.1. The summed E-state index contributed by atoms with van der Waals surface area (Å²) in [6.45, 7) is 6.18. The Morgan fingerprint density at radius 3 is 2.55 bits per heavy atom. The fraction of sp³-hybridized carbons (Fsp3) is 0.429. The van der Waals surface area contributed by atoms with Crippen molar-refractivity contribution in [1.29, 1.82) is 0 Å². The molecule has 1 rings (SSSR count). The second-order valence-corrected chi connectivity index (χ2v) is 6.23. The van der Waals surface area contributed by atoms with E-state index in [9.17, 15) is 14.0 Å². The van der Waals surface area contributed by atoms with E-state index in [0.717, 1.165) is 17.8 Å². The van der Waals surface area contributed by atoms with E-state index >= 15 is 0 Å². The molecule has 4 nitrogen and oxygen atoms in total. The molecule has 0 bridgehead atoms. The van der Waals surface area contributed by atoms with Crippen molar-refractivity contribution in [2.45, 2.75) is 30.9 Å². The summed E-state index contributed by atoms with van der Waals surface area (Å²) in [5.41, 5.74) is 0.00342. The van der Waals surface area contributed by atoms with Gasteiger partial charge in [0.15, 0.2) is 0 Å². The summed E-state index contributed by atoms with van der Waals surface area (Å²) in [6, 6.07) is 3.55. The zero-order valence-electron chi connectivity index (χ0n) is 11.6. The van der Waals surface area contributed by atoms with Crippen LogP contribution in [0.15, 0.2) is 23.1 Å². The maximum Gasteiger partial charge on any atom is 0.335 e. The molecule has 0 saturated heterocycles. The van der Waals surface area contributed by atoms with E-state index in [1.807, 2.05) is 13.8 Å². The SMILES string of the molecule is CC(C)CNC(=O)C(C)Sc1cc(C(=O)O)ccc1F. The highest BCUT2D eigenvalue weighted by molar-refractivity contribution is 8.00. The molecule has 2 N–H and O–H groups in total. The van der Waals surface area contributed by atoms with Crippen LogP contribution in [-0.2, 0) is 4.79 Å². The summed E-state index contributed by atoms with van der Waals surface area (Å²) >= 11 is 1.01. The molecule has 0 aromatic heterocycles. The Morgan fingerprint density at radius 2 is 2.00 bits per heavy atom. The largest absolute Gasteiger partial charge is 0.478 e. The first kappa shape index (κ1) is 16.5. The fourth-order valence-corrected chi connectivity index (χ4v) is 2.37. The van der Waals surface area contributed by atoms with Gasteiger partial charge in [0, 0.05) is 11.4 Å². The number of carbonyl (C=O) groups is 2. The highest BCUT2D eigenvalue weighted by Crippen LogP contribution is 2.27. The number of hydrogen-bond donors (Lipinski definition) is 2. The number of carbonyl (C=O) groups excluding carboxylic acids is 1. The summed E-state index contributed by atoms with van der Waals surface area (Å²) in [5.74, 6) is -1.50. The molecule has 0 saturated carbocycles. The Balaban J connectivity index is 2.74. The van der Waals surface area contributed by atoms with Crippen LogP contribution in [0, 0.1) is 11.7 Å². The minimum Gasteiger partial charge on any atom is -0.478 e. The number of carboxylic acids is 1. The fourth-order valence-electron chi connectivity index (χ4n) is 1.42. The average molecular weight is 299 g/mol. The first-order valence-corrected chi connectivity index (χ1v) is 7.16. The van der Waals surface area contributed by atoms with Crippen LogP contribution in [0.3, 0.4) is 0 Å². The number of hydrogen-bond acceptors (Lipinski definition) is 3. The van der Waals surface area contributed by atoms with Crippen molar-refractivity contribution in [3.05, 3.63) is 29.6 Å². The van der Waals surface area contributed by atoms with Gasteiger partial charge in [-0.2, -0.15) is 0 Å². The van der Waals surface area contributed by atoms with Gasteiger partial charge in [-0.1, -0.05) is 13.8 Å². The van der Waals surface area contributed by atoms with Crippen LogP contribution in [0.1, 0.15) is 31.1 Å². The zero-order valence-corrected chi connectivity index (χ0v) is 12.5. The van der Waals surface area contributed by atoms with Gasteiger partial charge in [-0.15, -0.1) is 11.8 Å². The predicted molar refractivity (Wildman–Crippen MR) is 76.5 cm³/mol. The Labute approximate surface area is 121 Å². The minimum atomic E-state index is -1.12. The van der Waals surface area contributed by atoms with E-state index in [2.05, 4.69) is 5.32 Å². The molecular weight excluding hydrogens is 281 g/mol. The molecule has 0 heterocycles. The zero-order chi connectivity index (χ0) is 15.3. The van der Waals surface area contributed by atoms with E-state index in [-0.39, 0.29) is 16.4 Å². The molecule has 0 spiro atoms. The third-order valence-corrected chi connectivity index (χ3v) is 3.67. The molecule has 20 heavy (non-hydrogen) atoms. The number of rotatable bonds is 6. The first-order valence-electron chi connectivity index (χ1n) is 6.28. The number of aromatic carboxylic acids is 1. The van der Waals surface area contributed by atoms with Crippen molar-refractivity contribution in [2.75, 3.05) is 6.54 Å². The van der Waals surface area contributed by atoms with Gasteiger partial charge in [0.25, 0.3) is 0 Å². The molecule has 0 fully saturated rings. The smallest absolute Gasteiger partial charge is 0.335 e. The van der Waals surface area contributed by atoms with E-state index in [4.69, 9.17) is 5.11 Å². The van der Waals surface area contributed by atoms with Crippen LogP contribution in [0.2, 0.25) is 0 Å². The number of benzene rings is 1. The van der Waals surface area contributed by atoms with Gasteiger partial charge in [0.2, 0.25) is 5.91 Å².